The van der Waals surface area contributed by atoms with Crippen molar-refractivity contribution >= 4 is 27.3 Å². The Bertz CT molecular complexity index is 909. The molecule has 3 aromatic heterocycles. The summed E-state index contributed by atoms with van der Waals surface area (Å²) < 4.78 is 3.04. The third-order valence-electron chi connectivity index (χ3n) is 5.54. The van der Waals surface area contributed by atoms with E-state index in [4.69, 9.17) is 0 Å². The molecule has 6 rings (SSSR count). The molecule has 0 aliphatic carbocycles. The van der Waals surface area contributed by atoms with Gasteiger partial charge < -0.3 is 14.8 Å². The summed E-state index contributed by atoms with van der Waals surface area (Å²) >= 11 is 1.59. The number of amides is 1. The maximum Gasteiger partial charge on any atom is 0.271 e. The molecule has 25 heavy (non-hydrogen) atoms. The molecule has 1 amide bonds. The lowest BCUT2D eigenvalue weighted by atomic mass is 9.84. The number of aromatic nitrogens is 2. The topological polar surface area (TPSA) is 50.2 Å². The van der Waals surface area contributed by atoms with E-state index in [1.165, 1.54) is 25.9 Å². The molecule has 3 aliphatic heterocycles. The van der Waals surface area contributed by atoms with Crippen molar-refractivity contribution in [2.75, 3.05) is 19.6 Å². The van der Waals surface area contributed by atoms with Gasteiger partial charge in [-0.2, -0.15) is 0 Å². The first-order valence-electron chi connectivity index (χ1n) is 8.82. The summed E-state index contributed by atoms with van der Waals surface area (Å²) in [5.74, 6) is 0.581. The van der Waals surface area contributed by atoms with Gasteiger partial charge in [-0.15, -0.1) is 11.3 Å². The van der Waals surface area contributed by atoms with Crippen LogP contribution in [0.15, 0.2) is 42.2 Å². The third-order valence-corrected chi connectivity index (χ3v) is 6.53. The van der Waals surface area contributed by atoms with E-state index in [0.717, 1.165) is 22.3 Å². The molecule has 128 valence electrons. The van der Waals surface area contributed by atoms with E-state index in [1.807, 2.05) is 30.6 Å². The SMILES string of the molecule is O=C(N[C@H]1CN2CCC1CC2)c1nccc2c(-n3cccc3)csc12. The zero-order valence-electron chi connectivity index (χ0n) is 13.9. The van der Waals surface area contributed by atoms with Crippen LogP contribution in [0.5, 0.6) is 0 Å². The van der Waals surface area contributed by atoms with Crippen LogP contribution in [-0.2, 0) is 0 Å². The van der Waals surface area contributed by atoms with E-state index >= 15 is 0 Å². The molecule has 0 saturated carbocycles. The molecule has 0 unspecified atom stereocenters. The number of nitrogens with one attached hydrogen (secondary N) is 1. The summed E-state index contributed by atoms with van der Waals surface area (Å²) in [7, 11) is 0. The second kappa shape index (κ2) is 5.97. The Morgan fingerprint density at radius 2 is 2.04 bits per heavy atom. The third kappa shape index (κ3) is 2.56. The predicted molar refractivity (Wildman–Crippen MR) is 99.4 cm³/mol. The lowest BCUT2D eigenvalue weighted by Gasteiger charge is -2.44. The minimum atomic E-state index is -0.0368. The molecular weight excluding hydrogens is 332 g/mol. The highest BCUT2D eigenvalue weighted by Gasteiger charge is 2.35. The molecular formula is C19H20N4OS. The van der Waals surface area contributed by atoms with Crippen molar-refractivity contribution in [3.63, 3.8) is 0 Å². The second-order valence-corrected chi connectivity index (χ2v) is 7.85. The van der Waals surface area contributed by atoms with Crippen LogP contribution < -0.4 is 5.32 Å². The Kier molecular flexibility index (Phi) is 3.60. The Hall–Kier alpha value is -2.18. The average molecular weight is 352 g/mol. The van der Waals surface area contributed by atoms with Gasteiger partial charge in [0.2, 0.25) is 0 Å². The predicted octanol–water partition coefficient (Wildman–Crippen LogP) is 2.91. The van der Waals surface area contributed by atoms with Crippen LogP contribution >= 0.6 is 11.3 Å². The van der Waals surface area contributed by atoms with Crippen LogP contribution in [0, 0.1) is 5.92 Å². The van der Waals surface area contributed by atoms with Gasteiger partial charge in [-0.05, 0) is 50.0 Å². The highest BCUT2D eigenvalue weighted by Crippen LogP contribution is 2.32. The fraction of sp³-hybridized carbons (Fsp3) is 0.368. The van der Waals surface area contributed by atoms with E-state index in [-0.39, 0.29) is 11.9 Å². The summed E-state index contributed by atoms with van der Waals surface area (Å²) in [6.07, 6.45) is 8.18. The number of carbonyl (C=O) groups excluding carboxylic acids is 1. The number of fused-ring (bicyclic) bond motifs is 4. The molecule has 0 spiro atoms. The minimum Gasteiger partial charge on any atom is -0.346 e. The Morgan fingerprint density at radius 3 is 2.76 bits per heavy atom. The highest BCUT2D eigenvalue weighted by molar-refractivity contribution is 7.18. The fourth-order valence-corrected chi connectivity index (χ4v) is 5.20. The number of hydrogen-bond acceptors (Lipinski definition) is 4. The zero-order valence-corrected chi connectivity index (χ0v) is 14.7. The van der Waals surface area contributed by atoms with E-state index in [1.54, 1.807) is 17.5 Å². The summed E-state index contributed by atoms with van der Waals surface area (Å²) in [6, 6.07) is 6.26. The maximum atomic E-state index is 12.9. The first-order valence-corrected chi connectivity index (χ1v) is 9.70. The monoisotopic (exact) mass is 352 g/mol. The second-order valence-electron chi connectivity index (χ2n) is 6.97. The maximum absolute atomic E-state index is 12.9. The molecule has 3 aliphatic rings. The average Bonchev–Trinajstić information content (AvgIpc) is 3.31. The molecule has 1 N–H and O–H groups in total. The lowest BCUT2D eigenvalue weighted by Crippen LogP contribution is -2.57. The molecule has 1 atom stereocenters. The molecule has 0 aromatic carbocycles. The van der Waals surface area contributed by atoms with E-state index in [0.29, 0.717) is 11.6 Å². The van der Waals surface area contributed by atoms with Gasteiger partial charge in [-0.1, -0.05) is 0 Å². The van der Waals surface area contributed by atoms with E-state index < -0.39 is 0 Å². The molecule has 0 radical (unpaired) electrons. The highest BCUT2D eigenvalue weighted by atomic mass is 32.1. The normalized spacial score (nSPS) is 25.4. The van der Waals surface area contributed by atoms with Crippen LogP contribution in [0.2, 0.25) is 0 Å². The number of hydrogen-bond donors (Lipinski definition) is 1. The van der Waals surface area contributed by atoms with Gasteiger partial charge in [0.25, 0.3) is 5.91 Å². The van der Waals surface area contributed by atoms with Crippen molar-refractivity contribution in [1.82, 2.24) is 19.8 Å². The van der Waals surface area contributed by atoms with Gasteiger partial charge in [0.1, 0.15) is 5.69 Å². The lowest BCUT2D eigenvalue weighted by molar-refractivity contribution is 0.0619. The molecule has 2 bridgehead atoms. The minimum absolute atomic E-state index is 0.0368. The van der Waals surface area contributed by atoms with Crippen molar-refractivity contribution in [3.05, 3.63) is 47.9 Å². The number of pyridine rings is 1. The molecule has 6 heterocycles. The summed E-state index contributed by atoms with van der Waals surface area (Å²) in [6.45, 7) is 3.33. The Labute approximate surface area is 150 Å². The van der Waals surface area contributed by atoms with Crippen molar-refractivity contribution in [2.45, 2.75) is 18.9 Å². The van der Waals surface area contributed by atoms with Crippen LogP contribution in [0.4, 0.5) is 0 Å². The van der Waals surface area contributed by atoms with Crippen molar-refractivity contribution in [1.29, 1.82) is 0 Å². The molecule has 3 aromatic rings. The van der Waals surface area contributed by atoms with Crippen LogP contribution in [0.1, 0.15) is 23.3 Å². The first kappa shape index (κ1) is 15.1. The number of rotatable bonds is 3. The summed E-state index contributed by atoms with van der Waals surface area (Å²) in [5, 5.41) is 6.43. The molecule has 3 fully saturated rings. The van der Waals surface area contributed by atoms with Crippen LogP contribution in [0.3, 0.4) is 0 Å². The summed E-state index contributed by atoms with van der Waals surface area (Å²) in [5.41, 5.74) is 1.65. The zero-order chi connectivity index (χ0) is 16.8. The van der Waals surface area contributed by atoms with Gasteiger partial charge in [-0.3, -0.25) is 4.79 Å². The van der Waals surface area contributed by atoms with Crippen molar-refractivity contribution in [2.24, 2.45) is 5.92 Å². The van der Waals surface area contributed by atoms with Gasteiger partial charge in [0.05, 0.1) is 10.4 Å². The first-order chi connectivity index (χ1) is 12.3. The van der Waals surface area contributed by atoms with E-state index in [2.05, 4.69) is 25.1 Å². The Morgan fingerprint density at radius 1 is 1.24 bits per heavy atom. The van der Waals surface area contributed by atoms with Gasteiger partial charge in [0, 0.05) is 41.9 Å². The molecule has 6 heteroatoms. The number of thiophene rings is 1. The molecule has 5 nitrogen and oxygen atoms in total. The standard InChI is InChI=1S/C19H20N4OS/c24-19(21-15-11-22-9-4-13(15)5-10-22)17-18-14(3-6-20-17)16(12-25-18)23-7-1-2-8-23/h1-3,6-8,12-13,15H,4-5,9-11H2,(H,21,24)/t15-/m0/s1. The van der Waals surface area contributed by atoms with Crippen LogP contribution in [0.25, 0.3) is 15.8 Å². The number of carbonyl (C=O) groups is 1. The number of piperidine rings is 3. The number of nitrogens with zero attached hydrogens (tertiary/aromatic N) is 3. The molecule has 3 saturated heterocycles. The Balaban J connectivity index is 1.45. The smallest absolute Gasteiger partial charge is 0.271 e. The van der Waals surface area contributed by atoms with Gasteiger partial charge >= 0.3 is 0 Å². The van der Waals surface area contributed by atoms with Crippen LogP contribution in [-0.4, -0.2) is 46.0 Å². The summed E-state index contributed by atoms with van der Waals surface area (Å²) in [4.78, 5) is 19.8. The van der Waals surface area contributed by atoms with Gasteiger partial charge in [0.15, 0.2) is 0 Å². The van der Waals surface area contributed by atoms with Gasteiger partial charge in [-0.25, -0.2) is 4.98 Å². The van der Waals surface area contributed by atoms with Crippen molar-refractivity contribution in [3.8, 4) is 5.69 Å². The van der Waals surface area contributed by atoms with Crippen molar-refractivity contribution < 1.29 is 4.79 Å². The fourth-order valence-electron chi connectivity index (χ4n) is 4.17. The largest absolute Gasteiger partial charge is 0.346 e. The van der Waals surface area contributed by atoms with E-state index in [9.17, 15) is 4.79 Å². The quantitative estimate of drug-likeness (QED) is 0.788.